The minimum Gasteiger partial charge on any atom is -0.319 e. The molecule has 0 aromatic heterocycles. The van der Waals surface area contributed by atoms with Gasteiger partial charge in [0.05, 0.1) is 5.88 Å². The number of Topliss-reactive ketones (excluding diaryl/α,β-unsaturated/α-hetero) is 1. The first kappa shape index (κ1) is 11.5. The van der Waals surface area contributed by atoms with Gasteiger partial charge in [0.25, 0.3) is 0 Å². The summed E-state index contributed by atoms with van der Waals surface area (Å²) in [5.74, 6) is -0.178. The number of hydrogen-bond acceptors (Lipinski definition) is 2. The van der Waals surface area contributed by atoms with Crippen molar-refractivity contribution >= 4 is 29.8 Å². The number of benzene rings is 1. The van der Waals surface area contributed by atoms with Gasteiger partial charge in [-0.25, -0.2) is 0 Å². The lowest BCUT2D eigenvalue weighted by atomic mass is 10.1. The molecule has 4 heteroatoms. The number of hydrogen-bond donors (Lipinski definition) is 0. The molecule has 0 atom stereocenters. The van der Waals surface area contributed by atoms with E-state index < -0.39 is 7.14 Å². The maximum Gasteiger partial charge on any atom is 0.177 e. The van der Waals surface area contributed by atoms with Crippen LogP contribution in [-0.2, 0) is 4.57 Å². The average molecular weight is 231 g/mol. The van der Waals surface area contributed by atoms with Crippen LogP contribution >= 0.6 is 18.7 Å². The summed E-state index contributed by atoms with van der Waals surface area (Å²) in [6.07, 6.45) is 0. The maximum absolute atomic E-state index is 11.7. The van der Waals surface area contributed by atoms with Crippen LogP contribution in [0.1, 0.15) is 10.4 Å². The van der Waals surface area contributed by atoms with Gasteiger partial charge in [-0.2, -0.15) is 0 Å². The standard InChI is InChI=1S/C10H12ClO2P/c1-14(2,13)9-5-3-4-8(6-9)10(12)7-11/h3-6H,7H2,1-2H3. The molecular formula is C10H12ClO2P. The number of ketones is 1. The van der Waals surface area contributed by atoms with Crippen LogP contribution in [0, 0.1) is 0 Å². The van der Waals surface area contributed by atoms with Crippen LogP contribution in [0.3, 0.4) is 0 Å². The summed E-state index contributed by atoms with van der Waals surface area (Å²) in [4.78, 5) is 11.3. The van der Waals surface area contributed by atoms with E-state index in [0.717, 1.165) is 0 Å². The van der Waals surface area contributed by atoms with E-state index in [1.807, 2.05) is 0 Å². The molecule has 1 rings (SSSR count). The third-order valence-corrected chi connectivity index (χ3v) is 3.68. The fraction of sp³-hybridized carbons (Fsp3) is 0.300. The topological polar surface area (TPSA) is 34.1 Å². The second kappa shape index (κ2) is 4.29. The third-order valence-electron chi connectivity index (χ3n) is 1.91. The highest BCUT2D eigenvalue weighted by molar-refractivity contribution is 7.70. The Hall–Kier alpha value is -0.590. The first-order valence-electron chi connectivity index (χ1n) is 4.20. The molecule has 1 aromatic rings. The first-order valence-corrected chi connectivity index (χ1v) is 7.33. The Labute approximate surface area is 88.6 Å². The van der Waals surface area contributed by atoms with Gasteiger partial charge in [-0.15, -0.1) is 11.6 Å². The minimum atomic E-state index is -2.29. The molecule has 0 fully saturated rings. The van der Waals surface area contributed by atoms with Crippen molar-refractivity contribution in [1.29, 1.82) is 0 Å². The lowest BCUT2D eigenvalue weighted by Crippen LogP contribution is -2.08. The number of halogens is 1. The molecule has 0 saturated heterocycles. The second-order valence-electron chi connectivity index (χ2n) is 3.46. The number of alkyl halides is 1. The predicted octanol–water partition coefficient (Wildman–Crippen LogP) is 2.36. The largest absolute Gasteiger partial charge is 0.319 e. The van der Waals surface area contributed by atoms with E-state index >= 15 is 0 Å². The highest BCUT2D eigenvalue weighted by Gasteiger charge is 2.12. The van der Waals surface area contributed by atoms with Gasteiger partial charge >= 0.3 is 0 Å². The Kier molecular flexibility index (Phi) is 3.52. The summed E-state index contributed by atoms with van der Waals surface area (Å²) >= 11 is 5.43. The molecular weight excluding hydrogens is 219 g/mol. The Balaban J connectivity index is 3.14. The molecule has 0 spiro atoms. The van der Waals surface area contributed by atoms with Crippen molar-refractivity contribution in [3.05, 3.63) is 29.8 Å². The number of carbonyl (C=O) groups excluding carboxylic acids is 1. The van der Waals surface area contributed by atoms with Gasteiger partial charge in [-0.3, -0.25) is 4.79 Å². The summed E-state index contributed by atoms with van der Waals surface area (Å²) in [7, 11) is -2.29. The Morgan fingerprint density at radius 2 is 2.07 bits per heavy atom. The van der Waals surface area contributed by atoms with E-state index in [1.165, 1.54) is 0 Å². The summed E-state index contributed by atoms with van der Waals surface area (Å²) in [6.45, 7) is 3.36. The molecule has 76 valence electrons. The van der Waals surface area contributed by atoms with Crippen LogP contribution in [0.5, 0.6) is 0 Å². The highest BCUT2D eigenvalue weighted by Crippen LogP contribution is 2.34. The van der Waals surface area contributed by atoms with Crippen LogP contribution in [-0.4, -0.2) is 25.0 Å². The van der Waals surface area contributed by atoms with Crippen molar-refractivity contribution in [2.75, 3.05) is 19.2 Å². The van der Waals surface area contributed by atoms with Gasteiger partial charge in [0, 0.05) is 10.9 Å². The fourth-order valence-corrected chi connectivity index (χ4v) is 2.14. The Bertz CT molecular complexity index is 395. The Morgan fingerprint density at radius 3 is 2.57 bits per heavy atom. The molecule has 0 N–H and O–H groups in total. The molecule has 0 radical (unpaired) electrons. The van der Waals surface area contributed by atoms with Crippen LogP contribution in [0.15, 0.2) is 24.3 Å². The third kappa shape index (κ3) is 2.70. The molecule has 0 aliphatic heterocycles. The number of carbonyl (C=O) groups is 1. The van der Waals surface area contributed by atoms with E-state index in [0.29, 0.717) is 10.9 Å². The first-order chi connectivity index (χ1) is 6.45. The van der Waals surface area contributed by atoms with E-state index in [9.17, 15) is 9.36 Å². The molecule has 0 saturated carbocycles. The van der Waals surface area contributed by atoms with E-state index in [-0.39, 0.29) is 11.7 Å². The van der Waals surface area contributed by atoms with Crippen LogP contribution in [0.2, 0.25) is 0 Å². The van der Waals surface area contributed by atoms with Crippen molar-refractivity contribution in [2.24, 2.45) is 0 Å². The van der Waals surface area contributed by atoms with Crippen molar-refractivity contribution < 1.29 is 9.36 Å². The van der Waals surface area contributed by atoms with Gasteiger partial charge in [0.15, 0.2) is 5.78 Å². The summed E-state index contributed by atoms with van der Waals surface area (Å²) in [5, 5.41) is 0.716. The van der Waals surface area contributed by atoms with Gasteiger partial charge in [0.2, 0.25) is 0 Å². The molecule has 0 amide bonds. The molecule has 0 aliphatic rings. The van der Waals surface area contributed by atoms with E-state index in [1.54, 1.807) is 37.6 Å². The summed E-state index contributed by atoms with van der Waals surface area (Å²) in [6, 6.07) is 6.84. The zero-order valence-corrected chi connectivity index (χ0v) is 9.81. The average Bonchev–Trinajstić information content (AvgIpc) is 2.15. The van der Waals surface area contributed by atoms with Crippen LogP contribution in [0.25, 0.3) is 0 Å². The smallest absolute Gasteiger partial charge is 0.177 e. The van der Waals surface area contributed by atoms with E-state index in [2.05, 4.69) is 0 Å². The van der Waals surface area contributed by atoms with Crippen molar-refractivity contribution in [3.8, 4) is 0 Å². The van der Waals surface area contributed by atoms with Gasteiger partial charge in [-0.05, 0) is 19.4 Å². The van der Waals surface area contributed by atoms with Gasteiger partial charge in [0.1, 0.15) is 7.14 Å². The van der Waals surface area contributed by atoms with E-state index in [4.69, 9.17) is 11.6 Å². The monoisotopic (exact) mass is 230 g/mol. The summed E-state index contributed by atoms with van der Waals surface area (Å²) < 4.78 is 11.7. The highest BCUT2D eigenvalue weighted by atomic mass is 35.5. The molecule has 14 heavy (non-hydrogen) atoms. The molecule has 2 nitrogen and oxygen atoms in total. The van der Waals surface area contributed by atoms with Gasteiger partial charge < -0.3 is 4.57 Å². The zero-order chi connectivity index (χ0) is 10.8. The van der Waals surface area contributed by atoms with Crippen molar-refractivity contribution in [2.45, 2.75) is 0 Å². The van der Waals surface area contributed by atoms with Gasteiger partial charge in [-0.1, -0.05) is 18.2 Å². The predicted molar refractivity (Wildman–Crippen MR) is 60.6 cm³/mol. The lowest BCUT2D eigenvalue weighted by molar-refractivity contribution is 0.102. The van der Waals surface area contributed by atoms with Crippen LogP contribution in [0.4, 0.5) is 0 Å². The molecule has 0 unspecified atom stereocenters. The number of rotatable bonds is 3. The Morgan fingerprint density at radius 1 is 1.43 bits per heavy atom. The molecule has 0 aliphatic carbocycles. The molecule has 1 aromatic carbocycles. The van der Waals surface area contributed by atoms with Crippen LogP contribution < -0.4 is 5.30 Å². The van der Waals surface area contributed by atoms with Crippen molar-refractivity contribution in [1.82, 2.24) is 0 Å². The fourth-order valence-electron chi connectivity index (χ4n) is 1.09. The molecule has 0 heterocycles. The second-order valence-corrected chi connectivity index (χ2v) is 6.94. The lowest BCUT2D eigenvalue weighted by Gasteiger charge is -2.07. The van der Waals surface area contributed by atoms with Crippen molar-refractivity contribution in [3.63, 3.8) is 0 Å². The quantitative estimate of drug-likeness (QED) is 0.454. The normalized spacial score (nSPS) is 11.4. The summed E-state index contributed by atoms with van der Waals surface area (Å²) in [5.41, 5.74) is 0.529. The minimum absolute atomic E-state index is 0.0405. The molecule has 0 bridgehead atoms. The zero-order valence-electron chi connectivity index (χ0n) is 8.16. The maximum atomic E-state index is 11.7. The SMILES string of the molecule is CP(C)(=O)c1cccc(C(=O)CCl)c1.